The molecule has 0 radical (unpaired) electrons. The highest BCUT2D eigenvalue weighted by molar-refractivity contribution is 7.02. The third kappa shape index (κ3) is 9.57. The summed E-state index contributed by atoms with van der Waals surface area (Å²) in [4.78, 5) is 7.11. The van der Waals surface area contributed by atoms with E-state index in [1.807, 2.05) is 109 Å². The Morgan fingerprint density at radius 3 is 1.07 bits per heavy atom. The molecular formula is C94H98B2N4O2. The van der Waals surface area contributed by atoms with Crippen molar-refractivity contribution in [1.82, 2.24) is 0 Å². The van der Waals surface area contributed by atoms with Gasteiger partial charge in [-0.05, 0) is 243 Å². The van der Waals surface area contributed by atoms with Gasteiger partial charge in [-0.2, -0.15) is 0 Å². The number of hydrogen-bond acceptors (Lipinski definition) is 6. The van der Waals surface area contributed by atoms with Crippen molar-refractivity contribution < 1.29 is 37.6 Å². The molecule has 0 fully saturated rings. The fraction of sp³-hybridized carbons (Fsp3) is 0.340. The molecule has 8 heteroatoms. The first-order valence-corrected chi connectivity index (χ1v) is 36.1. The molecule has 0 amide bonds. The Morgan fingerprint density at radius 1 is 0.353 bits per heavy atom. The lowest BCUT2D eigenvalue weighted by Gasteiger charge is -2.45. The SMILES string of the molecule is [2H]c1c([2H])c([2H])c2c3c(oc2c1[2H])N(c1ccc2c(c1)C(C)(C)CCC2(C)C)c1cc(C(C)(C([2H])([2H])[2H])C([2H])([2H])[2H])cc2c1B3c1c(c([2H])c3c([2H])c4c(c([2H])c3c1[2H])N(c1ccc(C(C)(C)C)cc1)c1cc(C(C)(C)C([2H])([2H])[2H])cc3c1B4c1c(oc4c([2H])c([2H])c([2H])c([2H])c14)N3c1ccc3c(c1)C(C)(C)CCC3(C)C)N2c1ccc(C(C)(C)C)cc1. The van der Waals surface area contributed by atoms with E-state index in [0.717, 1.165) is 59.1 Å². The maximum absolute atomic E-state index is 11.7. The second kappa shape index (κ2) is 21.3. The average Bonchev–Trinajstić information content (AvgIpc) is 1.66. The van der Waals surface area contributed by atoms with Crippen molar-refractivity contribution in [1.29, 1.82) is 0 Å². The molecule has 0 N–H and O–H groups in total. The van der Waals surface area contributed by atoms with E-state index < -0.39 is 134 Å². The van der Waals surface area contributed by atoms with Gasteiger partial charge in [0.15, 0.2) is 0 Å². The second-order valence-electron chi connectivity index (χ2n) is 35.2. The van der Waals surface area contributed by atoms with E-state index in [4.69, 9.17) is 8.83 Å². The minimum atomic E-state index is -3.28. The monoisotopic (exact) mass is 1360 g/mol. The largest absolute Gasteiger partial charge is 0.440 e. The molecule has 18 rings (SSSR count). The standard InChI is InChI=1S/C94H98B2N4O2/c1-87(2,3)57-29-33-61(34-30-57)97-73-47-55-46-72-74(48-56(55)45-71(73)95-81-65-25-21-23-27-79(65)101-85(81)99(77-51-59(89(7,8)9)49-75(97)83(77)95)63-37-39-67-69(53-63)93(17,18)43-41-91(67,13)14)98(62-35-31-58(32-36-62)88(4,5)6)76-50-60(90(10,11)12)52-78-84(76)96(72)82-66-26-22-24-28-80(66)102-86(82)100(78)64-38-40-68-70(54-64)94(19,20)44-42-92(68,15)16/h21-40,45-54H,41-44H2,1-20H3/i7D3,8D3,10D3,21D,22D,23D,24D,25D,26D,27D,28D,45D,46D,47D,48D. The van der Waals surface area contributed by atoms with E-state index in [1.165, 1.54) is 19.1 Å². The van der Waals surface area contributed by atoms with Crippen molar-refractivity contribution in [2.24, 2.45) is 0 Å². The van der Waals surface area contributed by atoms with Crippen LogP contribution in [0.4, 0.5) is 68.6 Å². The predicted octanol–water partition coefficient (Wildman–Crippen LogP) is 22.4. The Balaban J connectivity index is 1.05. The molecule has 2 aromatic heterocycles. The molecule has 512 valence electrons. The molecule has 102 heavy (non-hydrogen) atoms. The van der Waals surface area contributed by atoms with Crippen LogP contribution in [-0.4, -0.2) is 13.4 Å². The highest BCUT2D eigenvalue weighted by Gasteiger charge is 2.51. The van der Waals surface area contributed by atoms with E-state index in [0.29, 0.717) is 45.2 Å². The van der Waals surface area contributed by atoms with Gasteiger partial charge < -0.3 is 18.6 Å². The summed E-state index contributed by atoms with van der Waals surface area (Å²) in [5.41, 5.74) is 2.47. The lowest BCUT2D eigenvalue weighted by atomic mass is 9.33. The predicted molar refractivity (Wildman–Crippen MR) is 437 cm³/mol. The maximum Gasteiger partial charge on any atom is 0.257 e. The minimum Gasteiger partial charge on any atom is -0.440 e. The molecule has 0 saturated heterocycles. The third-order valence-electron chi connectivity index (χ3n) is 23.8. The first kappa shape index (κ1) is 45.8. The summed E-state index contributed by atoms with van der Waals surface area (Å²) >= 11 is 0. The van der Waals surface area contributed by atoms with Crippen LogP contribution in [0.15, 0.2) is 191 Å². The molecule has 0 atom stereocenters. The summed E-state index contributed by atoms with van der Waals surface area (Å²) in [7, 11) is 0. The van der Waals surface area contributed by atoms with Crippen molar-refractivity contribution in [2.75, 3.05) is 19.6 Å². The quantitative estimate of drug-likeness (QED) is 0.164. The van der Waals surface area contributed by atoms with E-state index in [1.54, 1.807) is 29.7 Å². The lowest BCUT2D eigenvalue weighted by molar-refractivity contribution is 0.332. The lowest BCUT2D eigenvalue weighted by Crippen LogP contribution is -2.61. The van der Waals surface area contributed by atoms with Gasteiger partial charge in [-0.15, -0.1) is 0 Å². The van der Waals surface area contributed by atoms with Crippen LogP contribution in [0.2, 0.25) is 0 Å². The summed E-state index contributed by atoms with van der Waals surface area (Å²) in [6, 6.07) is 27.8. The van der Waals surface area contributed by atoms with Gasteiger partial charge in [-0.3, -0.25) is 9.80 Å². The molecule has 2 aliphatic carbocycles. The third-order valence-corrected chi connectivity index (χ3v) is 23.8. The summed E-state index contributed by atoms with van der Waals surface area (Å²) in [5.74, 6) is -0.0737. The van der Waals surface area contributed by atoms with Crippen molar-refractivity contribution in [3.05, 3.63) is 226 Å². The second-order valence-corrected chi connectivity index (χ2v) is 35.2. The van der Waals surface area contributed by atoms with Crippen LogP contribution in [0.5, 0.6) is 0 Å². The van der Waals surface area contributed by atoms with Crippen LogP contribution >= 0.6 is 0 Å². The van der Waals surface area contributed by atoms with Gasteiger partial charge in [0.25, 0.3) is 13.4 Å². The van der Waals surface area contributed by atoms with Gasteiger partial charge in [0.1, 0.15) is 11.2 Å². The first-order chi connectivity index (χ1) is 56.8. The van der Waals surface area contributed by atoms with Crippen molar-refractivity contribution in [3.63, 3.8) is 0 Å². The number of para-hydroxylation sites is 2. The first-order valence-electron chi connectivity index (χ1n) is 46.6. The molecule has 6 heterocycles. The summed E-state index contributed by atoms with van der Waals surface area (Å²) in [6.45, 7) is 22.2. The van der Waals surface area contributed by atoms with Gasteiger partial charge in [0.2, 0.25) is 11.8 Å². The van der Waals surface area contributed by atoms with Crippen LogP contribution in [-0.2, 0) is 43.3 Å². The Kier molecular flexibility index (Phi) is 9.54. The van der Waals surface area contributed by atoms with Crippen LogP contribution in [0, 0.1) is 0 Å². The van der Waals surface area contributed by atoms with Gasteiger partial charge in [-0.25, -0.2) is 0 Å². The van der Waals surface area contributed by atoms with E-state index in [-0.39, 0.29) is 116 Å². The smallest absolute Gasteiger partial charge is 0.257 e. The van der Waals surface area contributed by atoms with E-state index >= 15 is 0 Å². The van der Waals surface area contributed by atoms with Gasteiger partial charge in [0, 0.05) is 90.9 Å². The van der Waals surface area contributed by atoms with Gasteiger partial charge in [0.05, 0.1) is 16.4 Å². The van der Waals surface area contributed by atoms with Gasteiger partial charge >= 0.3 is 0 Å². The van der Waals surface area contributed by atoms with Crippen molar-refractivity contribution in [2.45, 2.75) is 207 Å². The zero-order chi connectivity index (χ0) is 89.3. The molecule has 0 unspecified atom stereocenters. The number of hydrogen-bond donors (Lipinski definition) is 0. The average molecular weight is 1360 g/mol. The Bertz CT molecular complexity index is 6660. The molecule has 12 aromatic rings. The van der Waals surface area contributed by atoms with Crippen LogP contribution in [0.25, 0.3) is 32.7 Å². The highest BCUT2D eigenvalue weighted by Crippen LogP contribution is 2.55. The van der Waals surface area contributed by atoms with E-state index in [9.17, 15) is 28.8 Å². The minimum absolute atomic E-state index is 0.00851. The normalized spacial score (nSPS) is 20.8. The Morgan fingerprint density at radius 2 is 0.696 bits per heavy atom. The fourth-order valence-corrected chi connectivity index (χ4v) is 17.6. The molecular weight excluding hydrogens is 1240 g/mol. The summed E-state index contributed by atoms with van der Waals surface area (Å²) in [5, 5.41) is -0.632. The highest BCUT2D eigenvalue weighted by atomic mass is 16.4. The number of furan rings is 2. The van der Waals surface area contributed by atoms with Crippen LogP contribution in [0.1, 0.15) is 237 Å². The Labute approximate surface area is 635 Å². The molecule has 6 aliphatic rings. The van der Waals surface area contributed by atoms with Crippen LogP contribution in [0.3, 0.4) is 0 Å². The van der Waals surface area contributed by atoms with Gasteiger partial charge in [-0.1, -0.05) is 223 Å². The molecule has 6 nitrogen and oxygen atoms in total. The molecule has 10 aromatic carbocycles. The number of rotatable bonds is 4. The number of anilines is 12. The van der Waals surface area contributed by atoms with Crippen molar-refractivity contribution in [3.8, 4) is 0 Å². The number of fused-ring (bicyclic) bond motifs is 15. The zero-order valence-electron chi connectivity index (χ0n) is 82.5. The number of benzene rings is 10. The van der Waals surface area contributed by atoms with Crippen LogP contribution < -0.4 is 52.4 Å². The van der Waals surface area contributed by atoms with E-state index in [2.05, 4.69) is 88.3 Å². The topological polar surface area (TPSA) is 39.2 Å². The molecule has 0 bridgehead atoms. The molecule has 0 spiro atoms. The zero-order valence-corrected chi connectivity index (χ0v) is 61.5. The van der Waals surface area contributed by atoms with Crippen molar-refractivity contribution >= 4 is 148 Å². The molecule has 0 saturated carbocycles. The Hall–Kier alpha value is -9.13. The number of nitrogens with zero attached hydrogens (tertiary/aromatic N) is 4. The summed E-state index contributed by atoms with van der Waals surface area (Å²) in [6.07, 6.45) is 3.34. The molecule has 4 aliphatic heterocycles. The fourth-order valence-electron chi connectivity index (χ4n) is 17.6. The summed E-state index contributed by atoms with van der Waals surface area (Å²) < 4.78 is 224. The maximum atomic E-state index is 11.7.